The first-order chi connectivity index (χ1) is 7.85. The summed E-state index contributed by atoms with van der Waals surface area (Å²) in [6, 6.07) is -0.142. The van der Waals surface area contributed by atoms with Crippen molar-refractivity contribution in [3.05, 3.63) is 16.1 Å². The maximum atomic E-state index is 11.8. The molecule has 0 fully saturated rings. The van der Waals surface area contributed by atoms with Crippen LogP contribution < -0.4 is 11.1 Å². The Hall–Kier alpha value is -0.980. The van der Waals surface area contributed by atoms with E-state index in [0.717, 1.165) is 5.01 Å². The fourth-order valence-corrected chi connectivity index (χ4v) is 1.81. The summed E-state index contributed by atoms with van der Waals surface area (Å²) in [4.78, 5) is 16.0. The van der Waals surface area contributed by atoms with Crippen molar-refractivity contribution in [2.45, 2.75) is 32.4 Å². The van der Waals surface area contributed by atoms with Crippen LogP contribution in [0.1, 0.15) is 42.3 Å². The summed E-state index contributed by atoms with van der Waals surface area (Å²) in [6.07, 6.45) is 0. The Labute approximate surface area is 105 Å². The third kappa shape index (κ3) is 4.07. The Morgan fingerprint density at radius 2 is 2.35 bits per heavy atom. The molecule has 1 atom stereocenters. The molecule has 96 valence electrons. The smallest absolute Gasteiger partial charge is 0.270 e. The number of hydrogen-bond acceptors (Lipinski definition) is 5. The van der Waals surface area contributed by atoms with Gasteiger partial charge in [0.05, 0.1) is 11.6 Å². The van der Waals surface area contributed by atoms with E-state index in [1.54, 1.807) is 12.5 Å². The van der Waals surface area contributed by atoms with Crippen LogP contribution in [-0.2, 0) is 4.74 Å². The molecule has 3 N–H and O–H groups in total. The maximum absolute atomic E-state index is 11.8. The number of carbonyl (C=O) groups excluding carboxylic acids is 1. The minimum Gasteiger partial charge on any atom is -0.377 e. The Morgan fingerprint density at radius 3 is 2.82 bits per heavy atom. The number of hydrogen-bond donors (Lipinski definition) is 2. The van der Waals surface area contributed by atoms with Crippen LogP contribution in [0.4, 0.5) is 0 Å². The number of nitrogens with two attached hydrogens (primary N) is 1. The highest BCUT2D eigenvalue weighted by molar-refractivity contribution is 7.09. The highest BCUT2D eigenvalue weighted by Gasteiger charge is 2.19. The van der Waals surface area contributed by atoms with E-state index in [9.17, 15) is 4.79 Å². The van der Waals surface area contributed by atoms with Crippen molar-refractivity contribution in [3.63, 3.8) is 0 Å². The van der Waals surface area contributed by atoms with Crippen LogP contribution in [0.2, 0.25) is 0 Å². The van der Waals surface area contributed by atoms with Crippen LogP contribution in [0.3, 0.4) is 0 Å². The van der Waals surface area contributed by atoms with Gasteiger partial charge in [-0.3, -0.25) is 4.79 Å². The Bertz CT molecular complexity index is 388. The molecule has 1 aromatic rings. The van der Waals surface area contributed by atoms with E-state index in [1.165, 1.54) is 11.3 Å². The lowest BCUT2D eigenvalue weighted by Gasteiger charge is -2.22. The zero-order chi connectivity index (χ0) is 13.1. The second kappa shape index (κ2) is 5.57. The summed E-state index contributed by atoms with van der Waals surface area (Å²) in [5.41, 5.74) is 5.72. The van der Waals surface area contributed by atoms with Crippen LogP contribution in [0.15, 0.2) is 5.38 Å². The van der Waals surface area contributed by atoms with E-state index < -0.39 is 0 Å². The van der Waals surface area contributed by atoms with Gasteiger partial charge in [-0.2, -0.15) is 0 Å². The van der Waals surface area contributed by atoms with Crippen LogP contribution >= 0.6 is 11.3 Å². The largest absolute Gasteiger partial charge is 0.377 e. The van der Waals surface area contributed by atoms with Gasteiger partial charge in [-0.25, -0.2) is 4.98 Å². The number of ether oxygens (including phenoxy) is 1. The van der Waals surface area contributed by atoms with Gasteiger partial charge >= 0.3 is 0 Å². The second-order valence-electron chi connectivity index (χ2n) is 4.51. The number of thiazole rings is 1. The van der Waals surface area contributed by atoms with Gasteiger partial charge in [0.15, 0.2) is 0 Å². The monoisotopic (exact) mass is 257 g/mol. The number of amides is 1. The minimum atomic E-state index is -0.379. The molecular formula is C11H19N3O2S. The van der Waals surface area contributed by atoms with Crippen LogP contribution in [0.5, 0.6) is 0 Å². The van der Waals surface area contributed by atoms with Crippen molar-refractivity contribution in [1.82, 2.24) is 10.3 Å². The molecule has 1 rings (SSSR count). The number of rotatable bonds is 5. The lowest BCUT2D eigenvalue weighted by Crippen LogP contribution is -2.39. The second-order valence-corrected chi connectivity index (χ2v) is 5.40. The van der Waals surface area contributed by atoms with Crippen molar-refractivity contribution in [2.24, 2.45) is 5.73 Å². The number of nitrogens with one attached hydrogen (secondary N) is 1. The van der Waals surface area contributed by atoms with Gasteiger partial charge < -0.3 is 15.8 Å². The van der Waals surface area contributed by atoms with Crippen molar-refractivity contribution < 1.29 is 9.53 Å². The molecule has 5 nitrogen and oxygen atoms in total. The van der Waals surface area contributed by atoms with Gasteiger partial charge in [0.25, 0.3) is 5.91 Å². The van der Waals surface area contributed by atoms with Crippen molar-refractivity contribution in [2.75, 3.05) is 13.7 Å². The van der Waals surface area contributed by atoms with E-state index >= 15 is 0 Å². The summed E-state index contributed by atoms with van der Waals surface area (Å²) in [5, 5.41) is 5.26. The fourth-order valence-electron chi connectivity index (χ4n) is 1.06. The summed E-state index contributed by atoms with van der Waals surface area (Å²) in [6.45, 7) is 6.09. The molecule has 0 saturated heterocycles. The molecular weight excluding hydrogens is 238 g/mol. The highest BCUT2D eigenvalue weighted by Crippen LogP contribution is 2.15. The molecule has 1 amide bonds. The van der Waals surface area contributed by atoms with Crippen LogP contribution in [0.25, 0.3) is 0 Å². The Morgan fingerprint density at radius 1 is 1.71 bits per heavy atom. The summed E-state index contributed by atoms with van der Waals surface area (Å²) >= 11 is 1.40. The number of aromatic nitrogens is 1. The topological polar surface area (TPSA) is 77.2 Å². The van der Waals surface area contributed by atoms with Crippen LogP contribution in [-0.4, -0.2) is 30.1 Å². The molecule has 1 unspecified atom stereocenters. The normalized spacial score (nSPS) is 13.5. The molecule has 1 aromatic heterocycles. The zero-order valence-corrected chi connectivity index (χ0v) is 11.4. The lowest BCUT2D eigenvalue weighted by molar-refractivity contribution is 0.0228. The quantitative estimate of drug-likeness (QED) is 0.834. The molecule has 0 radical (unpaired) electrons. The van der Waals surface area contributed by atoms with Gasteiger partial charge in [0, 0.05) is 19.0 Å². The molecule has 0 saturated carbocycles. The molecule has 0 aliphatic heterocycles. The van der Waals surface area contributed by atoms with Gasteiger partial charge in [0.1, 0.15) is 10.7 Å². The average molecular weight is 257 g/mol. The zero-order valence-electron chi connectivity index (χ0n) is 10.6. The fraction of sp³-hybridized carbons (Fsp3) is 0.636. The highest BCUT2D eigenvalue weighted by atomic mass is 32.1. The molecule has 6 heteroatoms. The van der Waals surface area contributed by atoms with Crippen LogP contribution in [0, 0.1) is 0 Å². The maximum Gasteiger partial charge on any atom is 0.270 e. The molecule has 1 heterocycles. The molecule has 0 aliphatic carbocycles. The first-order valence-electron chi connectivity index (χ1n) is 5.40. The van der Waals surface area contributed by atoms with E-state index in [-0.39, 0.29) is 17.6 Å². The number of methoxy groups -OCH3 is 1. The summed E-state index contributed by atoms with van der Waals surface area (Å²) < 4.78 is 5.21. The predicted octanol–water partition coefficient (Wildman–Crippen LogP) is 1.32. The molecule has 0 bridgehead atoms. The molecule has 17 heavy (non-hydrogen) atoms. The summed E-state index contributed by atoms with van der Waals surface area (Å²) in [7, 11) is 1.61. The third-order valence-corrected chi connectivity index (χ3v) is 3.42. The predicted molar refractivity (Wildman–Crippen MR) is 68.1 cm³/mol. The van der Waals surface area contributed by atoms with Crippen molar-refractivity contribution in [1.29, 1.82) is 0 Å². The molecule has 0 aliphatic rings. The van der Waals surface area contributed by atoms with Gasteiger partial charge in [-0.1, -0.05) is 0 Å². The minimum absolute atomic E-state index is 0.142. The molecule has 0 aromatic carbocycles. The summed E-state index contributed by atoms with van der Waals surface area (Å²) in [5.74, 6) is -0.196. The number of nitrogens with zero attached hydrogens (tertiary/aromatic N) is 1. The first-order valence-corrected chi connectivity index (χ1v) is 6.28. The van der Waals surface area contributed by atoms with E-state index in [1.807, 2.05) is 20.8 Å². The van der Waals surface area contributed by atoms with Crippen molar-refractivity contribution >= 4 is 17.2 Å². The van der Waals surface area contributed by atoms with Crippen molar-refractivity contribution in [3.8, 4) is 0 Å². The van der Waals surface area contributed by atoms with Gasteiger partial charge in [0.2, 0.25) is 0 Å². The van der Waals surface area contributed by atoms with E-state index in [2.05, 4.69) is 10.3 Å². The van der Waals surface area contributed by atoms with Gasteiger partial charge in [-0.15, -0.1) is 11.3 Å². The van der Waals surface area contributed by atoms with E-state index in [0.29, 0.717) is 12.2 Å². The number of carbonyl (C=O) groups is 1. The Kier molecular flexibility index (Phi) is 4.62. The van der Waals surface area contributed by atoms with E-state index in [4.69, 9.17) is 10.5 Å². The molecule has 0 spiro atoms. The lowest BCUT2D eigenvalue weighted by atomic mass is 10.1. The SMILES string of the molecule is COC(C)(C)CNC(=O)c1csc(C(C)N)n1. The third-order valence-electron chi connectivity index (χ3n) is 2.37. The standard InChI is InChI=1S/C11H19N3O2S/c1-7(12)10-14-8(5-17-10)9(15)13-6-11(2,3)16-4/h5,7H,6,12H2,1-4H3,(H,13,15). The Balaban J connectivity index is 2.58. The van der Waals surface area contributed by atoms with Gasteiger partial charge in [-0.05, 0) is 20.8 Å². The first kappa shape index (κ1) is 14.1. The average Bonchev–Trinajstić information content (AvgIpc) is 2.75.